The first kappa shape index (κ1) is 18.0. The van der Waals surface area contributed by atoms with Gasteiger partial charge in [-0.05, 0) is 48.1 Å². The smallest absolute Gasteiger partial charge is 0.267 e. The Kier molecular flexibility index (Phi) is 5.37. The summed E-state index contributed by atoms with van der Waals surface area (Å²) in [6.45, 7) is 0.679. The molecule has 1 aromatic heterocycles. The van der Waals surface area contributed by atoms with E-state index in [9.17, 15) is 4.79 Å². The second-order valence-electron chi connectivity index (χ2n) is 6.91. The minimum atomic E-state index is -0.361. The molecule has 0 amide bonds. The number of halogens is 1. The molecule has 4 nitrogen and oxygen atoms in total. The summed E-state index contributed by atoms with van der Waals surface area (Å²) < 4.78 is 7.89. The second-order valence-corrected chi connectivity index (χ2v) is 7.35. The molecule has 1 fully saturated rings. The molecule has 1 saturated carbocycles. The van der Waals surface area contributed by atoms with Crippen molar-refractivity contribution in [1.29, 1.82) is 0 Å². The van der Waals surface area contributed by atoms with Gasteiger partial charge in [-0.3, -0.25) is 4.79 Å². The van der Waals surface area contributed by atoms with Crippen LogP contribution in [0.1, 0.15) is 36.1 Å². The zero-order chi connectivity index (χ0) is 18.6. The Morgan fingerprint density at radius 3 is 2.41 bits per heavy atom. The Balaban J connectivity index is 1.80. The van der Waals surface area contributed by atoms with Gasteiger partial charge in [-0.25, -0.2) is 4.68 Å². The van der Waals surface area contributed by atoms with Crippen LogP contribution >= 0.6 is 11.6 Å². The van der Waals surface area contributed by atoms with Gasteiger partial charge in [0.1, 0.15) is 12.1 Å². The molecular weight excluding hydrogens is 360 g/mol. The minimum Gasteiger partial charge on any atom is -0.371 e. The molecule has 138 valence electrons. The van der Waals surface area contributed by atoms with E-state index in [1.165, 1.54) is 23.6 Å². The van der Waals surface area contributed by atoms with E-state index < -0.39 is 0 Å². The van der Waals surface area contributed by atoms with Gasteiger partial charge in [0, 0.05) is 17.3 Å². The van der Waals surface area contributed by atoms with Crippen LogP contribution in [0.2, 0.25) is 5.02 Å². The number of hydrogen-bond donors (Lipinski definition) is 0. The van der Waals surface area contributed by atoms with E-state index in [-0.39, 0.29) is 17.7 Å². The Labute approximate surface area is 163 Å². The van der Waals surface area contributed by atoms with Crippen LogP contribution < -0.4 is 5.56 Å². The number of nitrogens with zero attached hydrogens (tertiary/aromatic N) is 2. The van der Waals surface area contributed by atoms with Crippen LogP contribution in [0.3, 0.4) is 0 Å². The quantitative estimate of drug-likeness (QED) is 0.599. The molecular formula is C22H21ClN2O2. The van der Waals surface area contributed by atoms with Crippen LogP contribution in [-0.4, -0.2) is 16.4 Å². The summed E-state index contributed by atoms with van der Waals surface area (Å²) in [4.78, 5) is 12.6. The molecule has 4 rings (SSSR count). The molecule has 0 N–H and O–H groups in total. The summed E-state index contributed by atoms with van der Waals surface area (Å²) in [5, 5.41) is 5.03. The molecule has 5 heteroatoms. The first-order valence-electron chi connectivity index (χ1n) is 9.18. The van der Waals surface area contributed by atoms with E-state index in [1.54, 1.807) is 12.3 Å². The van der Waals surface area contributed by atoms with E-state index in [0.717, 1.165) is 11.1 Å². The van der Waals surface area contributed by atoms with Gasteiger partial charge in [0.05, 0.1) is 6.61 Å². The summed E-state index contributed by atoms with van der Waals surface area (Å²) in [5.41, 5.74) is 1.81. The standard InChI is InChI=1S/C22H21ClN2O2/c23-19-12-10-18(11-13-19)22(27-15-16-8-9-16)21(17-5-2-1-3-6-17)25-20(26)7-4-14-24-25/h1-7,10-14,16,21-22H,8-9,15H2. The summed E-state index contributed by atoms with van der Waals surface area (Å²) in [5.74, 6) is 0.608. The van der Waals surface area contributed by atoms with Crippen LogP contribution in [0.5, 0.6) is 0 Å². The van der Waals surface area contributed by atoms with Gasteiger partial charge in [0.2, 0.25) is 0 Å². The largest absolute Gasteiger partial charge is 0.371 e. The average molecular weight is 381 g/mol. The molecule has 0 spiro atoms. The first-order valence-corrected chi connectivity index (χ1v) is 9.56. The summed E-state index contributed by atoms with van der Waals surface area (Å²) in [7, 11) is 0. The van der Waals surface area contributed by atoms with Gasteiger partial charge in [-0.1, -0.05) is 54.1 Å². The second kappa shape index (κ2) is 8.07. The van der Waals surface area contributed by atoms with Gasteiger partial charge in [-0.2, -0.15) is 5.10 Å². The van der Waals surface area contributed by atoms with Gasteiger partial charge in [0.15, 0.2) is 0 Å². The summed E-state index contributed by atoms with van der Waals surface area (Å²) >= 11 is 6.08. The highest BCUT2D eigenvalue weighted by molar-refractivity contribution is 6.30. The summed E-state index contributed by atoms with van der Waals surface area (Å²) in [6, 6.07) is 20.4. The first-order chi connectivity index (χ1) is 13.2. The Morgan fingerprint density at radius 2 is 1.74 bits per heavy atom. The number of rotatable bonds is 7. The lowest BCUT2D eigenvalue weighted by atomic mass is 9.95. The van der Waals surface area contributed by atoms with Crippen LogP contribution in [0.4, 0.5) is 0 Å². The van der Waals surface area contributed by atoms with Crippen molar-refractivity contribution in [3.63, 3.8) is 0 Å². The summed E-state index contributed by atoms with van der Waals surface area (Å²) in [6.07, 6.45) is 3.70. The number of ether oxygens (including phenoxy) is 1. The maximum absolute atomic E-state index is 12.6. The molecule has 1 aliphatic rings. The van der Waals surface area contributed by atoms with Crippen molar-refractivity contribution in [2.24, 2.45) is 5.92 Å². The molecule has 27 heavy (non-hydrogen) atoms. The number of benzene rings is 2. The van der Waals surface area contributed by atoms with E-state index in [1.807, 2.05) is 54.6 Å². The monoisotopic (exact) mass is 380 g/mol. The van der Waals surface area contributed by atoms with Gasteiger partial charge in [-0.15, -0.1) is 0 Å². The zero-order valence-corrected chi connectivity index (χ0v) is 15.6. The maximum Gasteiger partial charge on any atom is 0.267 e. The Bertz CT molecular complexity index is 936. The van der Waals surface area contributed by atoms with Gasteiger partial charge < -0.3 is 4.74 Å². The molecule has 2 aromatic carbocycles. The fourth-order valence-corrected chi connectivity index (χ4v) is 3.34. The maximum atomic E-state index is 12.6. The predicted molar refractivity (Wildman–Crippen MR) is 106 cm³/mol. The van der Waals surface area contributed by atoms with Crippen molar-refractivity contribution in [2.75, 3.05) is 6.61 Å². The van der Waals surface area contributed by atoms with Crippen molar-refractivity contribution in [3.8, 4) is 0 Å². The lowest BCUT2D eigenvalue weighted by molar-refractivity contribution is 0.0150. The third-order valence-electron chi connectivity index (χ3n) is 4.84. The van der Waals surface area contributed by atoms with Crippen LogP contribution in [0.15, 0.2) is 77.7 Å². The van der Waals surface area contributed by atoms with Crippen molar-refractivity contribution < 1.29 is 4.74 Å². The van der Waals surface area contributed by atoms with Gasteiger partial charge >= 0.3 is 0 Å². The van der Waals surface area contributed by atoms with E-state index >= 15 is 0 Å². The SMILES string of the molecule is O=c1cccnn1C(c1ccccc1)C(OCC1CC1)c1ccc(Cl)cc1. The molecule has 2 unspecified atom stereocenters. The average Bonchev–Trinajstić information content (AvgIpc) is 3.52. The van der Waals surface area contributed by atoms with E-state index in [4.69, 9.17) is 16.3 Å². The highest BCUT2D eigenvalue weighted by Gasteiger charge is 2.31. The lowest BCUT2D eigenvalue weighted by Gasteiger charge is -2.29. The normalized spacial score (nSPS) is 16.0. The zero-order valence-electron chi connectivity index (χ0n) is 14.9. The topological polar surface area (TPSA) is 44.1 Å². The third-order valence-corrected chi connectivity index (χ3v) is 5.09. The molecule has 0 saturated heterocycles. The lowest BCUT2D eigenvalue weighted by Crippen LogP contribution is -2.32. The fraction of sp³-hybridized carbons (Fsp3) is 0.273. The van der Waals surface area contributed by atoms with Crippen molar-refractivity contribution >= 4 is 11.6 Å². The van der Waals surface area contributed by atoms with Crippen molar-refractivity contribution in [1.82, 2.24) is 9.78 Å². The number of hydrogen-bond acceptors (Lipinski definition) is 3. The number of aromatic nitrogens is 2. The highest BCUT2D eigenvalue weighted by Crippen LogP contribution is 2.38. The molecule has 3 aromatic rings. The van der Waals surface area contributed by atoms with Crippen molar-refractivity contribution in [3.05, 3.63) is 99.4 Å². The Morgan fingerprint density at radius 1 is 1.00 bits per heavy atom. The Hall–Kier alpha value is -2.43. The fourth-order valence-electron chi connectivity index (χ4n) is 3.22. The van der Waals surface area contributed by atoms with E-state index in [2.05, 4.69) is 5.10 Å². The van der Waals surface area contributed by atoms with Gasteiger partial charge in [0.25, 0.3) is 5.56 Å². The van der Waals surface area contributed by atoms with Crippen molar-refractivity contribution in [2.45, 2.75) is 25.0 Å². The van der Waals surface area contributed by atoms with Crippen LogP contribution in [0, 0.1) is 5.92 Å². The van der Waals surface area contributed by atoms with Crippen LogP contribution in [-0.2, 0) is 4.74 Å². The molecule has 1 heterocycles. The van der Waals surface area contributed by atoms with Crippen LogP contribution in [0.25, 0.3) is 0 Å². The predicted octanol–water partition coefficient (Wildman–Crippen LogP) is 4.65. The molecule has 2 atom stereocenters. The highest BCUT2D eigenvalue weighted by atomic mass is 35.5. The third kappa shape index (κ3) is 4.29. The van der Waals surface area contributed by atoms with E-state index in [0.29, 0.717) is 17.5 Å². The molecule has 0 radical (unpaired) electrons. The molecule has 1 aliphatic carbocycles. The molecule has 0 bridgehead atoms. The molecule has 0 aliphatic heterocycles. The minimum absolute atomic E-state index is 0.152.